The van der Waals surface area contributed by atoms with E-state index < -0.39 is 5.97 Å². The largest absolute Gasteiger partial charge is 0.481 e. The first kappa shape index (κ1) is 16.3. The highest BCUT2D eigenvalue weighted by molar-refractivity contribution is 5.81. The van der Waals surface area contributed by atoms with Gasteiger partial charge in [0.05, 0.1) is 6.42 Å². The zero-order chi connectivity index (χ0) is 16.4. The van der Waals surface area contributed by atoms with Crippen molar-refractivity contribution in [3.8, 4) is 11.1 Å². The van der Waals surface area contributed by atoms with Gasteiger partial charge in [-0.3, -0.25) is 4.79 Å². The number of aliphatic carboxylic acids is 1. The standard InChI is InChI=1S/C20H24O2/c1-6-17-13(3)14(4)18(11-19(21)22)20(15(17)5)16-9-7-12(2)8-10-16/h7-10H,6,11H2,1-5H3,(H,21,22). The van der Waals surface area contributed by atoms with Gasteiger partial charge in [0.15, 0.2) is 0 Å². The molecule has 2 rings (SSSR count). The van der Waals surface area contributed by atoms with Crippen LogP contribution in [0.4, 0.5) is 0 Å². The first-order chi connectivity index (χ1) is 10.4. The second-order valence-electron chi connectivity index (χ2n) is 6.00. The molecule has 0 amide bonds. The van der Waals surface area contributed by atoms with Crippen LogP contribution in [0.15, 0.2) is 24.3 Å². The van der Waals surface area contributed by atoms with Crippen LogP contribution in [0.3, 0.4) is 0 Å². The Morgan fingerprint density at radius 3 is 1.95 bits per heavy atom. The molecule has 0 aliphatic rings. The monoisotopic (exact) mass is 296 g/mol. The minimum Gasteiger partial charge on any atom is -0.481 e. The number of rotatable bonds is 4. The fraction of sp³-hybridized carbons (Fsp3) is 0.350. The third-order valence-electron chi connectivity index (χ3n) is 4.62. The van der Waals surface area contributed by atoms with E-state index >= 15 is 0 Å². The van der Waals surface area contributed by atoms with Gasteiger partial charge in [-0.2, -0.15) is 0 Å². The average molecular weight is 296 g/mol. The lowest BCUT2D eigenvalue weighted by molar-refractivity contribution is -0.136. The molecule has 0 aliphatic heterocycles. The van der Waals surface area contributed by atoms with Crippen LogP contribution in [-0.2, 0) is 17.6 Å². The Bertz CT molecular complexity index is 710. The van der Waals surface area contributed by atoms with E-state index in [1.165, 1.54) is 22.3 Å². The highest BCUT2D eigenvalue weighted by Gasteiger charge is 2.19. The Hall–Kier alpha value is -2.09. The zero-order valence-electron chi connectivity index (χ0n) is 14.1. The summed E-state index contributed by atoms with van der Waals surface area (Å²) in [6, 6.07) is 8.36. The number of benzene rings is 2. The molecular formula is C20H24O2. The molecule has 0 bridgehead atoms. The minimum atomic E-state index is -0.778. The number of aryl methyl sites for hydroxylation is 1. The SMILES string of the molecule is CCc1c(C)c(C)c(CC(=O)O)c(-c2ccc(C)cc2)c1C. The van der Waals surface area contributed by atoms with Crippen LogP contribution in [0, 0.1) is 27.7 Å². The number of carboxylic acids is 1. The number of carbonyl (C=O) groups is 1. The van der Waals surface area contributed by atoms with Crippen molar-refractivity contribution >= 4 is 5.97 Å². The predicted molar refractivity (Wildman–Crippen MR) is 91.5 cm³/mol. The average Bonchev–Trinajstić information content (AvgIpc) is 2.46. The number of carboxylic acid groups (broad SMARTS) is 1. The first-order valence-corrected chi connectivity index (χ1v) is 7.77. The smallest absolute Gasteiger partial charge is 0.307 e. The topological polar surface area (TPSA) is 37.3 Å². The molecule has 2 aromatic rings. The van der Waals surface area contributed by atoms with Crippen LogP contribution in [0.2, 0.25) is 0 Å². The summed E-state index contributed by atoms with van der Waals surface area (Å²) in [4.78, 5) is 11.3. The van der Waals surface area contributed by atoms with E-state index in [4.69, 9.17) is 0 Å². The van der Waals surface area contributed by atoms with E-state index in [1.54, 1.807) is 0 Å². The maximum atomic E-state index is 11.3. The maximum Gasteiger partial charge on any atom is 0.307 e. The third-order valence-corrected chi connectivity index (χ3v) is 4.62. The third kappa shape index (κ3) is 2.92. The molecule has 2 heteroatoms. The van der Waals surface area contributed by atoms with Gasteiger partial charge in [-0.05, 0) is 73.1 Å². The van der Waals surface area contributed by atoms with E-state index in [-0.39, 0.29) is 6.42 Å². The molecule has 0 aromatic heterocycles. The van der Waals surface area contributed by atoms with E-state index in [0.29, 0.717) is 0 Å². The van der Waals surface area contributed by atoms with Gasteiger partial charge in [-0.25, -0.2) is 0 Å². The summed E-state index contributed by atoms with van der Waals surface area (Å²) in [6.07, 6.45) is 1.03. The van der Waals surface area contributed by atoms with Crippen LogP contribution in [0.25, 0.3) is 11.1 Å². The van der Waals surface area contributed by atoms with Crippen molar-refractivity contribution in [1.29, 1.82) is 0 Å². The molecule has 0 aliphatic carbocycles. The molecule has 116 valence electrons. The summed E-state index contributed by atoms with van der Waals surface area (Å²) in [5, 5.41) is 9.32. The summed E-state index contributed by atoms with van der Waals surface area (Å²) in [7, 11) is 0. The van der Waals surface area contributed by atoms with Gasteiger partial charge in [-0.1, -0.05) is 36.8 Å². The van der Waals surface area contributed by atoms with E-state index in [2.05, 4.69) is 52.0 Å². The van der Waals surface area contributed by atoms with Crippen LogP contribution < -0.4 is 0 Å². The van der Waals surface area contributed by atoms with E-state index in [0.717, 1.165) is 28.7 Å². The highest BCUT2D eigenvalue weighted by Crippen LogP contribution is 2.35. The second-order valence-corrected chi connectivity index (χ2v) is 6.00. The Labute approximate surface area is 132 Å². The molecule has 0 unspecified atom stereocenters. The lowest BCUT2D eigenvalue weighted by Gasteiger charge is -2.21. The van der Waals surface area contributed by atoms with Gasteiger partial charge in [0.25, 0.3) is 0 Å². The number of hydrogen-bond acceptors (Lipinski definition) is 1. The molecule has 1 N–H and O–H groups in total. The number of hydrogen-bond donors (Lipinski definition) is 1. The van der Waals surface area contributed by atoms with Crippen molar-refractivity contribution in [3.05, 3.63) is 57.6 Å². The molecule has 0 atom stereocenters. The predicted octanol–water partition coefficient (Wildman–Crippen LogP) is 4.78. The molecule has 22 heavy (non-hydrogen) atoms. The Morgan fingerprint density at radius 2 is 1.45 bits per heavy atom. The molecule has 0 fully saturated rings. The van der Waals surface area contributed by atoms with Crippen LogP contribution in [-0.4, -0.2) is 11.1 Å². The normalized spacial score (nSPS) is 10.8. The Balaban J connectivity index is 2.81. The molecule has 0 spiro atoms. The molecule has 0 saturated carbocycles. The molecule has 2 aromatic carbocycles. The van der Waals surface area contributed by atoms with E-state index in [9.17, 15) is 9.90 Å². The Kier molecular flexibility index (Phi) is 4.70. The summed E-state index contributed by atoms with van der Waals surface area (Å²) >= 11 is 0. The van der Waals surface area contributed by atoms with Crippen LogP contribution >= 0.6 is 0 Å². The van der Waals surface area contributed by atoms with Crippen molar-refractivity contribution in [2.75, 3.05) is 0 Å². The fourth-order valence-electron chi connectivity index (χ4n) is 3.31. The van der Waals surface area contributed by atoms with Gasteiger partial charge in [0.1, 0.15) is 0 Å². The van der Waals surface area contributed by atoms with Gasteiger partial charge in [-0.15, -0.1) is 0 Å². The molecule has 2 nitrogen and oxygen atoms in total. The lowest BCUT2D eigenvalue weighted by Crippen LogP contribution is -2.09. The molecule has 0 saturated heterocycles. The van der Waals surface area contributed by atoms with Gasteiger partial charge in [0, 0.05) is 0 Å². The molecular weight excluding hydrogens is 272 g/mol. The van der Waals surface area contributed by atoms with Crippen molar-refractivity contribution in [2.45, 2.75) is 47.5 Å². The molecule has 0 heterocycles. The van der Waals surface area contributed by atoms with Crippen molar-refractivity contribution < 1.29 is 9.90 Å². The Morgan fingerprint density at radius 1 is 0.909 bits per heavy atom. The van der Waals surface area contributed by atoms with Crippen molar-refractivity contribution in [3.63, 3.8) is 0 Å². The fourth-order valence-corrected chi connectivity index (χ4v) is 3.31. The van der Waals surface area contributed by atoms with Gasteiger partial charge < -0.3 is 5.11 Å². The van der Waals surface area contributed by atoms with Gasteiger partial charge in [0.2, 0.25) is 0 Å². The minimum absolute atomic E-state index is 0.0702. The van der Waals surface area contributed by atoms with Gasteiger partial charge >= 0.3 is 5.97 Å². The zero-order valence-corrected chi connectivity index (χ0v) is 14.1. The first-order valence-electron chi connectivity index (χ1n) is 7.77. The summed E-state index contributed by atoms with van der Waals surface area (Å²) in [5.74, 6) is -0.778. The van der Waals surface area contributed by atoms with Crippen molar-refractivity contribution in [1.82, 2.24) is 0 Å². The maximum absolute atomic E-state index is 11.3. The second kappa shape index (κ2) is 6.35. The quantitative estimate of drug-likeness (QED) is 0.881. The molecule has 0 radical (unpaired) electrons. The van der Waals surface area contributed by atoms with Crippen molar-refractivity contribution in [2.24, 2.45) is 0 Å². The summed E-state index contributed by atoms with van der Waals surface area (Å²) in [6.45, 7) is 10.5. The summed E-state index contributed by atoms with van der Waals surface area (Å²) < 4.78 is 0. The van der Waals surface area contributed by atoms with Crippen LogP contribution in [0.5, 0.6) is 0 Å². The summed E-state index contributed by atoms with van der Waals surface area (Å²) in [5.41, 5.74) is 9.25. The lowest BCUT2D eigenvalue weighted by atomic mass is 9.83. The van der Waals surface area contributed by atoms with E-state index in [1.807, 2.05) is 6.92 Å². The van der Waals surface area contributed by atoms with Crippen LogP contribution in [0.1, 0.15) is 40.3 Å². The highest BCUT2D eigenvalue weighted by atomic mass is 16.4.